The molecule has 1 amide bonds. The molecule has 0 saturated carbocycles. The lowest BCUT2D eigenvalue weighted by atomic mass is 9.76. The molecular weight excluding hydrogens is 460 g/mol. The van der Waals surface area contributed by atoms with Crippen LogP contribution in [0.15, 0.2) is 75.8 Å². The molecule has 0 saturated heterocycles. The second-order valence-electron chi connectivity index (χ2n) is 8.82. The molecule has 0 fully saturated rings. The Morgan fingerprint density at radius 2 is 1.86 bits per heavy atom. The van der Waals surface area contributed by atoms with Crippen LogP contribution in [0.5, 0.6) is 0 Å². The minimum atomic E-state index is -0.459. The summed E-state index contributed by atoms with van der Waals surface area (Å²) in [5, 5.41) is 6.52. The van der Waals surface area contributed by atoms with Crippen LogP contribution in [0.1, 0.15) is 47.4 Å². The number of carbonyl (C=O) groups excluding carboxylic acids is 2. The summed E-state index contributed by atoms with van der Waals surface area (Å²) >= 11 is 1.18. The SMILES string of the molecule is Cc1ccc([C@@H]2C3=C(CCCC3=O)Nc3nc(SCC(=O)NCc4ccccc4)[nH]c(=O)c32)cc1. The summed E-state index contributed by atoms with van der Waals surface area (Å²) in [6, 6.07) is 17.6. The monoisotopic (exact) mass is 486 g/mol. The van der Waals surface area contributed by atoms with E-state index in [0.29, 0.717) is 35.1 Å². The van der Waals surface area contributed by atoms with Gasteiger partial charge in [0.15, 0.2) is 10.9 Å². The Labute approximate surface area is 207 Å². The topological polar surface area (TPSA) is 104 Å². The number of fused-ring (bicyclic) bond motifs is 1. The summed E-state index contributed by atoms with van der Waals surface area (Å²) in [6.07, 6.45) is 1.99. The van der Waals surface area contributed by atoms with E-state index in [1.54, 1.807) is 0 Å². The standard InChI is InChI=1S/C27H26N4O3S/c1-16-10-12-18(13-11-16)22-23-19(8-5-9-20(23)32)29-25-24(22)26(34)31-27(30-25)35-15-21(33)28-14-17-6-3-2-4-7-17/h2-4,6-7,10-13,22H,5,8-9,14-15H2,1H3,(H,28,33)(H2,29,30,31,34)/t22-/m1/s1. The first-order valence-corrected chi connectivity index (χ1v) is 12.7. The van der Waals surface area contributed by atoms with E-state index < -0.39 is 5.92 Å². The average molecular weight is 487 g/mol. The molecular formula is C27H26N4O3S. The van der Waals surface area contributed by atoms with Gasteiger partial charge in [-0.25, -0.2) is 4.98 Å². The molecule has 1 aliphatic heterocycles. The molecule has 2 aromatic carbocycles. The summed E-state index contributed by atoms with van der Waals surface area (Å²) in [5.74, 6) is 0.0529. The lowest BCUT2D eigenvalue weighted by Gasteiger charge is -2.32. The first-order valence-electron chi connectivity index (χ1n) is 11.7. The van der Waals surface area contributed by atoms with Gasteiger partial charge in [-0.15, -0.1) is 0 Å². The van der Waals surface area contributed by atoms with E-state index in [0.717, 1.165) is 35.2 Å². The molecule has 1 atom stereocenters. The Balaban J connectivity index is 1.40. The van der Waals surface area contributed by atoms with Crippen LogP contribution >= 0.6 is 11.8 Å². The highest BCUT2D eigenvalue weighted by Gasteiger charge is 2.37. The Morgan fingerprint density at radius 1 is 1.09 bits per heavy atom. The third kappa shape index (κ3) is 4.93. The molecule has 2 heterocycles. The van der Waals surface area contributed by atoms with Crippen LogP contribution in [0, 0.1) is 6.92 Å². The van der Waals surface area contributed by atoms with Gasteiger partial charge in [-0.2, -0.15) is 0 Å². The van der Waals surface area contributed by atoms with Gasteiger partial charge in [-0.05, 0) is 30.9 Å². The fourth-order valence-electron chi connectivity index (χ4n) is 4.58. The third-order valence-corrected chi connectivity index (χ3v) is 7.19. The normalized spacial score (nSPS) is 16.8. The van der Waals surface area contributed by atoms with Gasteiger partial charge >= 0.3 is 0 Å². The highest BCUT2D eigenvalue weighted by molar-refractivity contribution is 7.99. The lowest BCUT2D eigenvalue weighted by molar-refractivity contribution is -0.118. The van der Waals surface area contributed by atoms with Crippen LogP contribution in [0.2, 0.25) is 0 Å². The van der Waals surface area contributed by atoms with Crippen molar-refractivity contribution in [1.29, 1.82) is 0 Å². The van der Waals surface area contributed by atoms with Gasteiger partial charge in [0.05, 0.1) is 11.3 Å². The van der Waals surface area contributed by atoms with E-state index >= 15 is 0 Å². The van der Waals surface area contributed by atoms with Crippen LogP contribution in [0.3, 0.4) is 0 Å². The number of thioether (sulfide) groups is 1. The molecule has 0 bridgehead atoms. The highest BCUT2D eigenvalue weighted by Crippen LogP contribution is 2.43. The molecule has 3 aromatic rings. The largest absolute Gasteiger partial charge is 0.351 e. The second kappa shape index (κ2) is 9.92. The molecule has 35 heavy (non-hydrogen) atoms. The number of nitrogens with zero attached hydrogens (tertiary/aromatic N) is 1. The second-order valence-corrected chi connectivity index (χ2v) is 9.79. The smallest absolute Gasteiger partial charge is 0.257 e. The Kier molecular flexibility index (Phi) is 6.55. The number of allylic oxidation sites excluding steroid dienone is 2. The Bertz CT molecular complexity index is 1360. The number of aromatic nitrogens is 2. The number of Topliss-reactive ketones (excluding diaryl/α,β-unsaturated/α-hetero) is 1. The first kappa shape index (κ1) is 23.1. The van der Waals surface area contributed by atoms with Crippen molar-refractivity contribution in [2.75, 3.05) is 11.1 Å². The van der Waals surface area contributed by atoms with E-state index in [1.165, 1.54) is 11.8 Å². The quantitative estimate of drug-likeness (QED) is 0.359. The Hall–Kier alpha value is -3.65. The van der Waals surface area contributed by atoms with Gasteiger partial charge in [-0.3, -0.25) is 14.4 Å². The summed E-state index contributed by atoms with van der Waals surface area (Å²) in [7, 11) is 0. The minimum absolute atomic E-state index is 0.0721. The number of aromatic amines is 1. The fraction of sp³-hybridized carbons (Fsp3) is 0.259. The molecule has 1 aromatic heterocycles. The fourth-order valence-corrected chi connectivity index (χ4v) is 5.27. The van der Waals surface area contributed by atoms with E-state index in [1.807, 2.05) is 61.5 Å². The van der Waals surface area contributed by atoms with Crippen molar-refractivity contribution in [3.63, 3.8) is 0 Å². The molecule has 3 N–H and O–H groups in total. The van der Waals surface area contributed by atoms with Gasteiger partial charge in [-0.1, -0.05) is 71.9 Å². The zero-order valence-electron chi connectivity index (χ0n) is 19.4. The number of anilines is 1. The van der Waals surface area contributed by atoms with Crippen molar-refractivity contribution in [3.8, 4) is 0 Å². The maximum atomic E-state index is 13.3. The molecule has 0 spiro atoms. The molecule has 7 nitrogen and oxygen atoms in total. The number of amides is 1. The van der Waals surface area contributed by atoms with E-state index in [-0.39, 0.29) is 23.0 Å². The summed E-state index contributed by atoms with van der Waals surface area (Å²) in [5.41, 5.74) is 4.68. The van der Waals surface area contributed by atoms with Crippen LogP contribution < -0.4 is 16.2 Å². The number of aryl methyl sites for hydroxylation is 1. The van der Waals surface area contributed by atoms with E-state index in [2.05, 4.69) is 20.6 Å². The minimum Gasteiger partial charge on any atom is -0.351 e. The van der Waals surface area contributed by atoms with Gasteiger partial charge in [0.1, 0.15) is 5.82 Å². The number of hydrogen-bond acceptors (Lipinski definition) is 6. The highest BCUT2D eigenvalue weighted by atomic mass is 32.2. The van der Waals surface area contributed by atoms with Crippen molar-refractivity contribution in [3.05, 3.63) is 98.5 Å². The van der Waals surface area contributed by atoms with Gasteiger partial charge in [0.25, 0.3) is 5.56 Å². The number of carbonyl (C=O) groups is 2. The van der Waals surface area contributed by atoms with Gasteiger partial charge in [0, 0.05) is 30.2 Å². The summed E-state index contributed by atoms with van der Waals surface area (Å²) < 4.78 is 0. The molecule has 0 unspecified atom stereocenters. The van der Waals surface area contributed by atoms with Crippen molar-refractivity contribution in [2.45, 2.75) is 43.8 Å². The van der Waals surface area contributed by atoms with E-state index in [4.69, 9.17) is 0 Å². The lowest BCUT2D eigenvalue weighted by Crippen LogP contribution is -2.32. The van der Waals surface area contributed by atoms with E-state index in [9.17, 15) is 14.4 Å². The number of rotatable bonds is 6. The third-order valence-electron chi connectivity index (χ3n) is 6.32. The zero-order valence-corrected chi connectivity index (χ0v) is 20.2. The van der Waals surface area contributed by atoms with Crippen molar-refractivity contribution in [2.24, 2.45) is 0 Å². The predicted octanol–water partition coefficient (Wildman–Crippen LogP) is 4.05. The van der Waals surface area contributed by atoms with Crippen LogP contribution in [-0.4, -0.2) is 27.4 Å². The molecule has 1 aliphatic carbocycles. The number of H-pyrrole nitrogens is 1. The number of hydrogen-bond donors (Lipinski definition) is 3. The molecule has 5 rings (SSSR count). The maximum Gasteiger partial charge on any atom is 0.257 e. The van der Waals surface area contributed by atoms with Crippen molar-refractivity contribution < 1.29 is 9.59 Å². The summed E-state index contributed by atoms with van der Waals surface area (Å²) in [4.78, 5) is 46.0. The summed E-state index contributed by atoms with van der Waals surface area (Å²) in [6.45, 7) is 2.45. The van der Waals surface area contributed by atoms with Crippen LogP contribution in [0.25, 0.3) is 0 Å². The van der Waals surface area contributed by atoms with Crippen molar-refractivity contribution >= 4 is 29.3 Å². The first-order chi connectivity index (χ1) is 17.0. The van der Waals surface area contributed by atoms with Crippen LogP contribution in [-0.2, 0) is 16.1 Å². The van der Waals surface area contributed by atoms with Gasteiger partial charge < -0.3 is 15.6 Å². The number of benzene rings is 2. The number of nitrogens with one attached hydrogen (secondary N) is 3. The molecule has 178 valence electrons. The number of ketones is 1. The van der Waals surface area contributed by atoms with Crippen molar-refractivity contribution in [1.82, 2.24) is 15.3 Å². The zero-order chi connectivity index (χ0) is 24.4. The maximum absolute atomic E-state index is 13.3. The molecule has 8 heteroatoms. The molecule has 2 aliphatic rings. The predicted molar refractivity (Wildman–Crippen MR) is 136 cm³/mol. The Morgan fingerprint density at radius 3 is 2.63 bits per heavy atom. The van der Waals surface area contributed by atoms with Crippen LogP contribution in [0.4, 0.5) is 5.82 Å². The molecule has 0 radical (unpaired) electrons. The van der Waals surface area contributed by atoms with Gasteiger partial charge in [0.2, 0.25) is 5.91 Å². The average Bonchev–Trinajstić information content (AvgIpc) is 2.86.